The molecule has 3 saturated heterocycles. The zero-order valence-corrected chi connectivity index (χ0v) is 26.1. The summed E-state index contributed by atoms with van der Waals surface area (Å²) in [4.78, 5) is 46.3. The molecule has 0 radical (unpaired) electrons. The summed E-state index contributed by atoms with van der Waals surface area (Å²) >= 11 is 6.66. The minimum Gasteiger partial charge on any atom is -0.465 e. The van der Waals surface area contributed by atoms with E-state index in [-0.39, 0.29) is 37.5 Å². The molecule has 2 unspecified atom stereocenters. The smallest absolute Gasteiger partial charge is 0.312 e. The van der Waals surface area contributed by atoms with Gasteiger partial charge in [-0.05, 0) is 56.6 Å². The highest BCUT2D eigenvalue weighted by Crippen LogP contribution is 2.65. The number of aliphatic hydroxyl groups excluding tert-OH is 1. The lowest BCUT2D eigenvalue weighted by Gasteiger charge is -2.41. The molecule has 3 heterocycles. The molecule has 9 heteroatoms. The van der Waals surface area contributed by atoms with Crippen molar-refractivity contribution in [3.05, 3.63) is 54.1 Å². The van der Waals surface area contributed by atoms with Gasteiger partial charge in [0.2, 0.25) is 5.91 Å². The fourth-order valence-corrected chi connectivity index (χ4v) is 7.81. The second kappa shape index (κ2) is 12.9. The number of halogens is 1. The van der Waals surface area contributed by atoms with E-state index in [1.807, 2.05) is 39.8 Å². The van der Waals surface area contributed by atoms with Gasteiger partial charge in [0.05, 0.1) is 41.5 Å². The number of nitrogens with zero attached hydrogens (tertiary/aromatic N) is 2. The number of carbonyl (C=O) groups excluding carboxylic acids is 3. The lowest BCUT2D eigenvalue weighted by Crippen LogP contribution is -2.60. The minimum absolute atomic E-state index is 0.110. The Morgan fingerprint density at radius 2 is 2.02 bits per heavy atom. The van der Waals surface area contributed by atoms with Crippen LogP contribution in [0.2, 0.25) is 5.02 Å². The second-order valence-electron chi connectivity index (χ2n) is 12.0. The van der Waals surface area contributed by atoms with Crippen molar-refractivity contribution in [1.82, 2.24) is 4.90 Å². The van der Waals surface area contributed by atoms with E-state index in [1.54, 1.807) is 23.1 Å². The van der Waals surface area contributed by atoms with Crippen LogP contribution in [0, 0.1) is 24.7 Å². The average molecular weight is 601 g/mol. The Morgan fingerprint density at radius 1 is 1.29 bits per heavy atom. The molecule has 4 rings (SSSR count). The van der Waals surface area contributed by atoms with Gasteiger partial charge in [-0.3, -0.25) is 14.4 Å². The van der Waals surface area contributed by atoms with Crippen LogP contribution in [0.25, 0.3) is 0 Å². The van der Waals surface area contributed by atoms with E-state index in [9.17, 15) is 19.5 Å². The van der Waals surface area contributed by atoms with Crippen LogP contribution in [0.3, 0.4) is 0 Å². The fourth-order valence-electron chi connectivity index (χ4n) is 7.49. The van der Waals surface area contributed by atoms with Crippen LogP contribution in [0.4, 0.5) is 5.69 Å². The number of unbranched alkanes of at least 4 members (excludes halogenated alkanes) is 1. The topological polar surface area (TPSA) is 96.4 Å². The van der Waals surface area contributed by atoms with E-state index in [2.05, 4.69) is 13.2 Å². The SMILES string of the molecule is C=CCCCOC(=O)[C@H]1[C@H]2C(=O)N([C@@H](CO)[C@@H](C)CC)C(C(=O)N(CC=C)c3c(C)cccc3Cl)C23CC[C@]1(CC)O3. The van der Waals surface area contributed by atoms with Gasteiger partial charge in [0.25, 0.3) is 5.91 Å². The first kappa shape index (κ1) is 32.2. The molecule has 7 atom stereocenters. The summed E-state index contributed by atoms with van der Waals surface area (Å²) in [6.07, 6.45) is 6.88. The first-order chi connectivity index (χ1) is 20.1. The Kier molecular flexibility index (Phi) is 9.90. The molecule has 42 heavy (non-hydrogen) atoms. The molecule has 1 aromatic carbocycles. The standard InChI is InChI=1S/C33H45ClN2O6/c1-7-11-12-19-41-31(40)26-25-29(38)36(24(20-37)21(5)9-3)28(33(25)17-16-32(26,10-4)42-33)30(39)35(18-8-2)27-22(6)14-13-15-23(27)34/h7-8,13-15,21,24-26,28,37H,1-2,9-12,16-20H2,3-6H3/t21-,24-,25-,26+,28?,32-,33?/m0/s1. The Hall–Kier alpha value is -2.68. The Morgan fingerprint density at radius 3 is 2.62 bits per heavy atom. The Balaban J connectivity index is 1.86. The molecule has 8 nitrogen and oxygen atoms in total. The first-order valence-corrected chi connectivity index (χ1v) is 15.5. The van der Waals surface area contributed by atoms with Gasteiger partial charge in [0.15, 0.2) is 0 Å². The molecule has 2 bridgehead atoms. The number of fused-ring (bicyclic) bond motifs is 1. The van der Waals surface area contributed by atoms with Crippen molar-refractivity contribution in [3.63, 3.8) is 0 Å². The molecule has 2 amide bonds. The van der Waals surface area contributed by atoms with Crippen molar-refractivity contribution in [3.8, 4) is 0 Å². The normalized spacial score (nSPS) is 29.2. The van der Waals surface area contributed by atoms with E-state index in [1.165, 1.54) is 4.90 Å². The van der Waals surface area contributed by atoms with Gasteiger partial charge in [-0.25, -0.2) is 0 Å². The number of aryl methyl sites for hydroxylation is 1. The highest BCUT2D eigenvalue weighted by atomic mass is 35.5. The summed E-state index contributed by atoms with van der Waals surface area (Å²) in [6, 6.07) is 3.72. The molecule has 3 aliphatic heterocycles. The summed E-state index contributed by atoms with van der Waals surface area (Å²) in [5.41, 5.74) is -0.818. The summed E-state index contributed by atoms with van der Waals surface area (Å²) in [6.45, 7) is 15.4. The molecular weight excluding hydrogens is 556 g/mol. The molecule has 0 aromatic heterocycles. The van der Waals surface area contributed by atoms with Crippen molar-refractivity contribution in [2.45, 2.75) is 89.5 Å². The van der Waals surface area contributed by atoms with Crippen LogP contribution in [0.5, 0.6) is 0 Å². The quantitative estimate of drug-likeness (QED) is 0.178. The average Bonchev–Trinajstić information content (AvgIpc) is 3.58. The van der Waals surface area contributed by atoms with Gasteiger partial charge < -0.3 is 24.4 Å². The third-order valence-electron chi connectivity index (χ3n) is 9.78. The van der Waals surface area contributed by atoms with Crippen molar-refractivity contribution in [2.75, 3.05) is 24.7 Å². The zero-order chi connectivity index (χ0) is 30.8. The van der Waals surface area contributed by atoms with Crippen LogP contribution in [-0.2, 0) is 23.9 Å². The van der Waals surface area contributed by atoms with Gasteiger partial charge in [-0.2, -0.15) is 0 Å². The number of likely N-dealkylation sites (tertiary alicyclic amines) is 1. The largest absolute Gasteiger partial charge is 0.465 e. The second-order valence-corrected chi connectivity index (χ2v) is 12.4. The van der Waals surface area contributed by atoms with Crippen LogP contribution < -0.4 is 4.90 Å². The Labute approximate surface area is 254 Å². The molecule has 1 aromatic rings. The van der Waals surface area contributed by atoms with E-state index in [0.29, 0.717) is 49.2 Å². The number of hydrogen-bond acceptors (Lipinski definition) is 6. The number of benzene rings is 1. The van der Waals surface area contributed by atoms with E-state index >= 15 is 0 Å². The van der Waals surface area contributed by atoms with E-state index in [4.69, 9.17) is 21.1 Å². The third kappa shape index (κ3) is 5.09. The third-order valence-corrected chi connectivity index (χ3v) is 10.1. The maximum Gasteiger partial charge on any atom is 0.312 e. The number of esters is 1. The molecular formula is C33H45ClN2O6. The van der Waals surface area contributed by atoms with Crippen LogP contribution >= 0.6 is 11.6 Å². The minimum atomic E-state index is -1.25. The van der Waals surface area contributed by atoms with Crippen molar-refractivity contribution >= 4 is 35.1 Å². The number of carbonyl (C=O) groups is 3. The van der Waals surface area contributed by atoms with Gasteiger partial charge in [0.1, 0.15) is 17.6 Å². The number of hydrogen-bond donors (Lipinski definition) is 1. The van der Waals surface area contributed by atoms with Gasteiger partial charge >= 0.3 is 5.97 Å². The monoisotopic (exact) mass is 600 g/mol. The van der Waals surface area contributed by atoms with Gasteiger partial charge in [-0.1, -0.05) is 63.1 Å². The maximum absolute atomic E-state index is 14.9. The van der Waals surface area contributed by atoms with Crippen LogP contribution in [0.15, 0.2) is 43.5 Å². The number of rotatable bonds is 14. The van der Waals surface area contributed by atoms with Crippen LogP contribution in [0.1, 0.15) is 64.9 Å². The lowest BCUT2D eigenvalue weighted by molar-refractivity contribution is -0.162. The van der Waals surface area contributed by atoms with Crippen molar-refractivity contribution in [2.24, 2.45) is 17.8 Å². The van der Waals surface area contributed by atoms with Gasteiger partial charge in [-0.15, -0.1) is 13.2 Å². The molecule has 0 aliphatic carbocycles. The summed E-state index contributed by atoms with van der Waals surface area (Å²) in [5.74, 6) is -3.04. The predicted octanol–water partition coefficient (Wildman–Crippen LogP) is 5.24. The lowest BCUT2D eigenvalue weighted by atomic mass is 9.65. The molecule has 1 N–H and O–H groups in total. The number of anilines is 1. The maximum atomic E-state index is 14.9. The van der Waals surface area contributed by atoms with Crippen LogP contribution in [-0.4, -0.2) is 70.8 Å². The number of para-hydroxylation sites is 1. The van der Waals surface area contributed by atoms with Crippen molar-refractivity contribution < 1.29 is 29.0 Å². The fraction of sp³-hybridized carbons (Fsp3) is 0.606. The summed E-state index contributed by atoms with van der Waals surface area (Å²) in [7, 11) is 0. The number of ether oxygens (including phenoxy) is 2. The first-order valence-electron chi connectivity index (χ1n) is 15.2. The van der Waals surface area contributed by atoms with E-state index < -0.39 is 41.1 Å². The predicted molar refractivity (Wildman–Crippen MR) is 163 cm³/mol. The highest BCUT2D eigenvalue weighted by Gasteiger charge is 2.79. The Bertz CT molecular complexity index is 1200. The molecule has 0 saturated carbocycles. The highest BCUT2D eigenvalue weighted by molar-refractivity contribution is 6.34. The molecule has 230 valence electrons. The number of allylic oxidation sites excluding steroid dienone is 1. The van der Waals surface area contributed by atoms with Gasteiger partial charge in [0, 0.05) is 6.54 Å². The summed E-state index contributed by atoms with van der Waals surface area (Å²) in [5, 5.41) is 11.0. The zero-order valence-electron chi connectivity index (χ0n) is 25.3. The molecule has 3 fully saturated rings. The summed E-state index contributed by atoms with van der Waals surface area (Å²) < 4.78 is 12.6. The van der Waals surface area contributed by atoms with Crippen molar-refractivity contribution in [1.29, 1.82) is 0 Å². The number of aliphatic hydroxyl groups is 1. The molecule has 1 spiro atoms. The number of amides is 2. The molecule has 3 aliphatic rings. The van der Waals surface area contributed by atoms with E-state index in [0.717, 1.165) is 5.56 Å².